The molecule has 1 aromatic rings. The van der Waals surface area contributed by atoms with Crippen LogP contribution < -0.4 is 10.1 Å². The molecule has 3 heteroatoms. The number of carbonyl (C=O) groups is 1. The van der Waals surface area contributed by atoms with E-state index in [0.29, 0.717) is 13.0 Å². The highest BCUT2D eigenvalue weighted by molar-refractivity contribution is 6.00. The van der Waals surface area contributed by atoms with Gasteiger partial charge in [0.15, 0.2) is 5.78 Å². The van der Waals surface area contributed by atoms with Crippen molar-refractivity contribution in [2.45, 2.75) is 12.8 Å². The molecule has 0 spiro atoms. The fourth-order valence-electron chi connectivity index (χ4n) is 2.13. The summed E-state index contributed by atoms with van der Waals surface area (Å²) >= 11 is 0. The Morgan fingerprint density at radius 3 is 3.14 bits per heavy atom. The number of hydrogen-bond donors (Lipinski definition) is 1. The van der Waals surface area contributed by atoms with Crippen LogP contribution in [0.4, 0.5) is 5.69 Å². The Morgan fingerprint density at radius 2 is 2.21 bits per heavy atom. The first kappa shape index (κ1) is 7.85. The molecule has 0 aliphatic carbocycles. The van der Waals surface area contributed by atoms with Gasteiger partial charge in [-0.1, -0.05) is 0 Å². The van der Waals surface area contributed by atoms with Crippen molar-refractivity contribution < 1.29 is 9.53 Å². The molecule has 1 aromatic carbocycles. The van der Waals surface area contributed by atoms with Gasteiger partial charge >= 0.3 is 0 Å². The molecule has 0 aromatic heterocycles. The van der Waals surface area contributed by atoms with E-state index in [9.17, 15) is 4.79 Å². The van der Waals surface area contributed by atoms with Gasteiger partial charge in [-0.2, -0.15) is 0 Å². The lowest BCUT2D eigenvalue weighted by molar-refractivity contribution is 0.0933. The van der Waals surface area contributed by atoms with Gasteiger partial charge in [-0.05, 0) is 18.6 Å². The van der Waals surface area contributed by atoms with Gasteiger partial charge in [-0.25, -0.2) is 0 Å². The van der Waals surface area contributed by atoms with Gasteiger partial charge in [0.2, 0.25) is 0 Å². The first-order chi connectivity index (χ1) is 6.86. The molecule has 0 radical (unpaired) electrons. The highest BCUT2D eigenvalue weighted by atomic mass is 16.5. The van der Waals surface area contributed by atoms with Crippen LogP contribution in [0.1, 0.15) is 22.3 Å². The van der Waals surface area contributed by atoms with Crippen molar-refractivity contribution in [2.75, 3.05) is 18.5 Å². The first-order valence-electron chi connectivity index (χ1n) is 4.92. The molecule has 3 nitrogen and oxygen atoms in total. The molecule has 0 fully saturated rings. The maximum absolute atomic E-state index is 11.6. The predicted octanol–water partition coefficient (Wildman–Crippen LogP) is 1.62. The maximum Gasteiger partial charge on any atom is 0.170 e. The van der Waals surface area contributed by atoms with Crippen molar-refractivity contribution in [1.29, 1.82) is 0 Å². The van der Waals surface area contributed by atoms with Gasteiger partial charge < -0.3 is 10.1 Å². The summed E-state index contributed by atoms with van der Waals surface area (Å²) in [5.41, 5.74) is 3.06. The lowest BCUT2D eigenvalue weighted by Crippen LogP contribution is -2.16. The second-order valence-corrected chi connectivity index (χ2v) is 3.67. The summed E-state index contributed by atoms with van der Waals surface area (Å²) in [6, 6.07) is 3.85. The maximum atomic E-state index is 11.6. The number of rotatable bonds is 0. The van der Waals surface area contributed by atoms with Gasteiger partial charge in [0.1, 0.15) is 5.75 Å². The molecule has 1 N–H and O–H groups in total. The zero-order chi connectivity index (χ0) is 9.54. The Morgan fingerprint density at radius 1 is 1.29 bits per heavy atom. The summed E-state index contributed by atoms with van der Waals surface area (Å²) in [4.78, 5) is 11.6. The van der Waals surface area contributed by atoms with E-state index in [4.69, 9.17) is 4.74 Å². The van der Waals surface area contributed by atoms with E-state index in [1.165, 1.54) is 5.56 Å². The lowest BCUT2D eigenvalue weighted by Gasteiger charge is -2.18. The molecule has 2 aliphatic rings. The molecule has 0 amide bonds. The van der Waals surface area contributed by atoms with Crippen LogP contribution in [-0.4, -0.2) is 18.9 Å². The standard InChI is InChI=1S/C11H11NO2/c13-10-4-6-14-11-7-3-5-12-9(7)2-1-8(10)11/h1-2,12H,3-6H2. The van der Waals surface area contributed by atoms with Crippen molar-refractivity contribution >= 4 is 11.5 Å². The quantitative estimate of drug-likeness (QED) is 0.674. The summed E-state index contributed by atoms with van der Waals surface area (Å²) < 4.78 is 5.58. The van der Waals surface area contributed by atoms with Gasteiger partial charge in [0.25, 0.3) is 0 Å². The van der Waals surface area contributed by atoms with Gasteiger partial charge in [-0.3, -0.25) is 4.79 Å². The fourth-order valence-corrected chi connectivity index (χ4v) is 2.13. The molecule has 0 saturated carbocycles. The predicted molar refractivity (Wildman–Crippen MR) is 53.1 cm³/mol. The first-order valence-corrected chi connectivity index (χ1v) is 4.92. The summed E-state index contributed by atoms with van der Waals surface area (Å²) in [6.45, 7) is 1.48. The number of nitrogens with one attached hydrogen (secondary N) is 1. The van der Waals surface area contributed by atoms with E-state index in [1.807, 2.05) is 12.1 Å². The molecule has 14 heavy (non-hydrogen) atoms. The number of carbonyl (C=O) groups excluding carboxylic acids is 1. The van der Waals surface area contributed by atoms with Crippen molar-refractivity contribution in [2.24, 2.45) is 0 Å². The van der Waals surface area contributed by atoms with E-state index in [0.717, 1.165) is 30.0 Å². The topological polar surface area (TPSA) is 38.3 Å². The number of hydrogen-bond acceptors (Lipinski definition) is 3. The van der Waals surface area contributed by atoms with Crippen molar-refractivity contribution in [3.05, 3.63) is 23.3 Å². The smallest absolute Gasteiger partial charge is 0.170 e. The number of ketones is 1. The second kappa shape index (κ2) is 2.74. The summed E-state index contributed by atoms with van der Waals surface area (Å²) in [5.74, 6) is 1.03. The Hall–Kier alpha value is -1.51. The normalized spacial score (nSPS) is 18.1. The zero-order valence-corrected chi connectivity index (χ0v) is 7.80. The molecule has 0 atom stereocenters. The summed E-state index contributed by atoms with van der Waals surface area (Å²) in [5, 5.41) is 3.27. The van der Waals surface area contributed by atoms with Crippen LogP contribution >= 0.6 is 0 Å². The largest absolute Gasteiger partial charge is 0.492 e. The highest BCUT2D eigenvalue weighted by Crippen LogP contribution is 2.36. The number of fused-ring (bicyclic) bond motifs is 3. The number of benzene rings is 1. The van der Waals surface area contributed by atoms with Gasteiger partial charge in [0, 0.05) is 24.2 Å². The minimum absolute atomic E-state index is 0.209. The van der Waals surface area contributed by atoms with Crippen LogP contribution in [0.15, 0.2) is 12.1 Å². The minimum atomic E-state index is 0.209. The average Bonchev–Trinajstić information content (AvgIpc) is 2.66. The van der Waals surface area contributed by atoms with Crippen molar-refractivity contribution in [3.8, 4) is 5.75 Å². The Balaban J connectivity index is 2.22. The molecule has 72 valence electrons. The molecule has 0 saturated heterocycles. The average molecular weight is 189 g/mol. The van der Waals surface area contributed by atoms with Crippen LogP contribution in [0.5, 0.6) is 5.75 Å². The van der Waals surface area contributed by atoms with E-state index in [2.05, 4.69) is 5.32 Å². The Bertz CT molecular complexity index is 412. The Labute approximate surface area is 82.1 Å². The zero-order valence-electron chi connectivity index (χ0n) is 7.80. The molecule has 3 rings (SSSR count). The van der Waals surface area contributed by atoms with Crippen LogP contribution in [0.25, 0.3) is 0 Å². The monoisotopic (exact) mass is 189 g/mol. The van der Waals surface area contributed by atoms with E-state index in [-0.39, 0.29) is 5.78 Å². The molecule has 0 bridgehead atoms. The fraction of sp³-hybridized carbons (Fsp3) is 0.364. The third-order valence-corrected chi connectivity index (χ3v) is 2.83. The highest BCUT2D eigenvalue weighted by Gasteiger charge is 2.25. The summed E-state index contributed by atoms with van der Waals surface area (Å²) in [7, 11) is 0. The van der Waals surface area contributed by atoms with E-state index < -0.39 is 0 Å². The molecule has 2 aliphatic heterocycles. The van der Waals surface area contributed by atoms with Crippen LogP contribution in [0.3, 0.4) is 0 Å². The molecule has 2 heterocycles. The van der Waals surface area contributed by atoms with Crippen LogP contribution in [-0.2, 0) is 6.42 Å². The Kier molecular flexibility index (Phi) is 1.54. The third kappa shape index (κ3) is 0.953. The number of ether oxygens (including phenoxy) is 1. The number of anilines is 1. The van der Waals surface area contributed by atoms with Crippen molar-refractivity contribution in [3.63, 3.8) is 0 Å². The SMILES string of the molecule is O=C1CCOc2c1ccc1c2CCN1. The third-order valence-electron chi connectivity index (χ3n) is 2.83. The molecular weight excluding hydrogens is 178 g/mol. The van der Waals surface area contributed by atoms with Gasteiger partial charge in [-0.15, -0.1) is 0 Å². The molecular formula is C11H11NO2. The molecule has 0 unspecified atom stereocenters. The van der Waals surface area contributed by atoms with Crippen LogP contribution in [0.2, 0.25) is 0 Å². The summed E-state index contributed by atoms with van der Waals surface area (Å²) in [6.07, 6.45) is 1.48. The van der Waals surface area contributed by atoms with E-state index >= 15 is 0 Å². The number of Topliss-reactive ketones (excluding diaryl/α,β-unsaturated/α-hetero) is 1. The minimum Gasteiger partial charge on any atom is -0.492 e. The van der Waals surface area contributed by atoms with Crippen molar-refractivity contribution in [1.82, 2.24) is 0 Å². The van der Waals surface area contributed by atoms with Crippen LogP contribution in [0, 0.1) is 0 Å². The van der Waals surface area contributed by atoms with Gasteiger partial charge in [0.05, 0.1) is 12.2 Å². The lowest BCUT2D eigenvalue weighted by atomic mass is 10.00. The van der Waals surface area contributed by atoms with E-state index in [1.54, 1.807) is 0 Å². The second-order valence-electron chi connectivity index (χ2n) is 3.67.